The zero-order chi connectivity index (χ0) is 16.9. The summed E-state index contributed by atoms with van der Waals surface area (Å²) in [6.07, 6.45) is 0. The van der Waals surface area contributed by atoms with Gasteiger partial charge in [0.2, 0.25) is 0 Å². The highest BCUT2D eigenvalue weighted by molar-refractivity contribution is 7.13. The first-order valence-corrected chi connectivity index (χ1v) is 8.16. The highest BCUT2D eigenvalue weighted by atomic mass is 32.1. The molecule has 0 saturated heterocycles. The van der Waals surface area contributed by atoms with Crippen LogP contribution in [0.3, 0.4) is 0 Å². The monoisotopic (exact) mass is 340 g/mol. The Bertz CT molecular complexity index is 846. The summed E-state index contributed by atoms with van der Waals surface area (Å²) in [5.74, 6) is 0.435. The van der Waals surface area contributed by atoms with Gasteiger partial charge in [0.15, 0.2) is 0 Å². The maximum Gasteiger partial charge on any atom is 0.252 e. The topological polar surface area (TPSA) is 74.4 Å². The van der Waals surface area contributed by atoms with Crippen LogP contribution in [0, 0.1) is 0 Å². The Morgan fingerprint density at radius 3 is 2.71 bits per heavy atom. The zero-order valence-electron chi connectivity index (χ0n) is 13.1. The van der Waals surface area contributed by atoms with Crippen molar-refractivity contribution in [3.8, 4) is 22.1 Å². The highest BCUT2D eigenvalue weighted by Gasteiger charge is 2.12. The molecular weight excluding hydrogens is 324 g/mol. The minimum atomic E-state index is -0.545. The first kappa shape index (κ1) is 16.0. The van der Waals surface area contributed by atoms with Crippen molar-refractivity contribution in [1.82, 2.24) is 4.98 Å². The molecule has 122 valence electrons. The first-order valence-electron chi connectivity index (χ1n) is 7.28. The second kappa shape index (κ2) is 7.14. The van der Waals surface area contributed by atoms with Crippen LogP contribution in [-0.4, -0.2) is 18.0 Å². The quantitative estimate of drug-likeness (QED) is 0.745. The molecule has 0 bridgehead atoms. The van der Waals surface area contributed by atoms with Crippen LogP contribution in [0.5, 0.6) is 11.5 Å². The number of amides is 1. The van der Waals surface area contributed by atoms with Crippen LogP contribution >= 0.6 is 11.3 Å². The summed E-state index contributed by atoms with van der Waals surface area (Å²) in [6.45, 7) is 0.247. The van der Waals surface area contributed by atoms with E-state index in [1.165, 1.54) is 0 Å². The van der Waals surface area contributed by atoms with Gasteiger partial charge in [-0.3, -0.25) is 4.79 Å². The molecule has 0 aliphatic rings. The molecule has 0 fully saturated rings. The van der Waals surface area contributed by atoms with E-state index in [1.807, 2.05) is 35.7 Å². The number of hydrogen-bond donors (Lipinski definition) is 1. The van der Waals surface area contributed by atoms with Gasteiger partial charge in [0.1, 0.15) is 23.1 Å². The van der Waals surface area contributed by atoms with Gasteiger partial charge in [-0.1, -0.05) is 30.3 Å². The highest BCUT2D eigenvalue weighted by Crippen LogP contribution is 2.27. The number of carbonyl (C=O) groups is 1. The van der Waals surface area contributed by atoms with Gasteiger partial charge in [-0.25, -0.2) is 4.98 Å². The number of benzene rings is 2. The molecule has 2 N–H and O–H groups in total. The predicted octanol–water partition coefficient (Wildman–Crippen LogP) is 3.50. The van der Waals surface area contributed by atoms with E-state index in [0.29, 0.717) is 17.1 Å². The maximum atomic E-state index is 11.5. The third-order valence-electron chi connectivity index (χ3n) is 3.40. The molecule has 1 amide bonds. The van der Waals surface area contributed by atoms with E-state index in [1.54, 1.807) is 36.6 Å². The average Bonchev–Trinajstić information content (AvgIpc) is 3.09. The van der Waals surface area contributed by atoms with Gasteiger partial charge in [0, 0.05) is 17.0 Å². The van der Waals surface area contributed by atoms with E-state index in [9.17, 15) is 4.79 Å². The van der Waals surface area contributed by atoms with Crippen molar-refractivity contribution in [2.24, 2.45) is 5.73 Å². The Labute approximate surface area is 143 Å². The molecule has 6 heteroatoms. The molecule has 0 aliphatic carbocycles. The van der Waals surface area contributed by atoms with Crippen LogP contribution in [0.2, 0.25) is 0 Å². The van der Waals surface area contributed by atoms with Crippen LogP contribution in [0.4, 0.5) is 0 Å². The Balaban J connectivity index is 1.77. The molecule has 2 aromatic carbocycles. The number of carbonyl (C=O) groups excluding carboxylic acids is 1. The van der Waals surface area contributed by atoms with Crippen molar-refractivity contribution in [3.05, 3.63) is 65.2 Å². The summed E-state index contributed by atoms with van der Waals surface area (Å²) >= 11 is 1.55. The summed E-state index contributed by atoms with van der Waals surface area (Å²) < 4.78 is 10.9. The van der Waals surface area contributed by atoms with Crippen LogP contribution in [0.1, 0.15) is 16.1 Å². The Morgan fingerprint density at radius 1 is 1.21 bits per heavy atom. The van der Waals surface area contributed by atoms with E-state index >= 15 is 0 Å². The van der Waals surface area contributed by atoms with Crippen LogP contribution in [-0.2, 0) is 6.61 Å². The van der Waals surface area contributed by atoms with Gasteiger partial charge in [0.05, 0.1) is 18.4 Å². The second-order valence-corrected chi connectivity index (χ2v) is 5.88. The van der Waals surface area contributed by atoms with Crippen molar-refractivity contribution in [2.45, 2.75) is 6.61 Å². The second-order valence-electron chi connectivity index (χ2n) is 5.03. The molecule has 0 spiro atoms. The molecule has 0 radical (unpaired) electrons. The van der Waals surface area contributed by atoms with Crippen molar-refractivity contribution >= 4 is 17.2 Å². The van der Waals surface area contributed by atoms with Crippen molar-refractivity contribution in [2.75, 3.05) is 7.11 Å². The number of primary amides is 1. The number of ether oxygens (including phenoxy) is 2. The number of methoxy groups -OCH3 is 1. The molecule has 0 atom stereocenters. The molecule has 0 unspecified atom stereocenters. The normalized spacial score (nSPS) is 10.4. The molecule has 24 heavy (non-hydrogen) atoms. The van der Waals surface area contributed by atoms with Crippen LogP contribution in [0.15, 0.2) is 53.9 Å². The van der Waals surface area contributed by atoms with Gasteiger partial charge in [0.25, 0.3) is 5.91 Å². The average molecular weight is 340 g/mol. The smallest absolute Gasteiger partial charge is 0.252 e. The summed E-state index contributed by atoms with van der Waals surface area (Å²) in [5, 5.41) is 2.86. The van der Waals surface area contributed by atoms with Crippen molar-refractivity contribution in [1.29, 1.82) is 0 Å². The number of nitrogens with zero attached hydrogens (tertiary/aromatic N) is 1. The third kappa shape index (κ3) is 3.55. The number of hydrogen-bond acceptors (Lipinski definition) is 5. The third-order valence-corrected chi connectivity index (χ3v) is 4.34. The van der Waals surface area contributed by atoms with Crippen LogP contribution in [0.25, 0.3) is 10.6 Å². The van der Waals surface area contributed by atoms with Gasteiger partial charge in [-0.05, 0) is 12.1 Å². The van der Waals surface area contributed by atoms with E-state index in [-0.39, 0.29) is 6.61 Å². The lowest BCUT2D eigenvalue weighted by atomic mass is 10.2. The lowest BCUT2D eigenvalue weighted by Gasteiger charge is -2.10. The summed E-state index contributed by atoms with van der Waals surface area (Å²) in [5.41, 5.74) is 7.55. The Hall–Kier alpha value is -2.86. The molecule has 1 heterocycles. The largest absolute Gasteiger partial charge is 0.497 e. The van der Waals surface area contributed by atoms with Gasteiger partial charge >= 0.3 is 0 Å². The summed E-state index contributed by atoms with van der Waals surface area (Å²) in [4.78, 5) is 16.1. The first-order chi connectivity index (χ1) is 11.7. The van der Waals surface area contributed by atoms with Gasteiger partial charge in [-0.2, -0.15) is 0 Å². The van der Waals surface area contributed by atoms with E-state index < -0.39 is 5.91 Å². The molecule has 5 nitrogen and oxygen atoms in total. The Kier molecular flexibility index (Phi) is 4.77. The fourth-order valence-electron chi connectivity index (χ4n) is 2.19. The maximum absolute atomic E-state index is 11.5. The van der Waals surface area contributed by atoms with Crippen molar-refractivity contribution < 1.29 is 14.3 Å². The zero-order valence-corrected chi connectivity index (χ0v) is 13.9. The summed E-state index contributed by atoms with van der Waals surface area (Å²) in [7, 11) is 1.55. The number of nitrogens with two attached hydrogens (primary N) is 1. The fourth-order valence-corrected chi connectivity index (χ4v) is 3.00. The lowest BCUT2D eigenvalue weighted by molar-refractivity contribution is 0.0996. The molecular formula is C18H16N2O3S. The van der Waals surface area contributed by atoms with Crippen LogP contribution < -0.4 is 15.2 Å². The molecule has 3 aromatic rings. The minimum Gasteiger partial charge on any atom is -0.497 e. The fraction of sp³-hybridized carbons (Fsp3) is 0.111. The molecule has 3 rings (SSSR count). The Morgan fingerprint density at radius 2 is 2.00 bits per heavy atom. The number of rotatable bonds is 6. The molecule has 0 saturated carbocycles. The molecule has 1 aromatic heterocycles. The summed E-state index contributed by atoms with van der Waals surface area (Å²) in [6, 6.07) is 14.8. The minimum absolute atomic E-state index is 0.247. The SMILES string of the molecule is COc1ccc(C(N)=O)c(OCc2csc(-c3ccccc3)n2)c1. The number of aromatic nitrogens is 1. The number of thiazole rings is 1. The standard InChI is InChI=1S/C18H16N2O3S/c1-22-14-7-8-15(17(19)21)16(9-14)23-10-13-11-24-18(20-13)12-5-3-2-4-6-12/h2-9,11H,10H2,1H3,(H2,19,21). The lowest BCUT2D eigenvalue weighted by Crippen LogP contribution is -2.13. The van der Waals surface area contributed by atoms with E-state index in [2.05, 4.69) is 4.98 Å². The molecule has 0 aliphatic heterocycles. The van der Waals surface area contributed by atoms with Gasteiger partial charge in [-0.15, -0.1) is 11.3 Å². The predicted molar refractivity (Wildman–Crippen MR) is 93.4 cm³/mol. The van der Waals surface area contributed by atoms with E-state index in [0.717, 1.165) is 16.3 Å². The van der Waals surface area contributed by atoms with E-state index in [4.69, 9.17) is 15.2 Å². The van der Waals surface area contributed by atoms with Gasteiger partial charge < -0.3 is 15.2 Å². The van der Waals surface area contributed by atoms with Crippen molar-refractivity contribution in [3.63, 3.8) is 0 Å².